The third-order valence-electron chi connectivity index (χ3n) is 28.3. The van der Waals surface area contributed by atoms with Crippen molar-refractivity contribution in [2.45, 2.75) is 183 Å². The Bertz CT molecular complexity index is 7930. The lowest BCUT2D eigenvalue weighted by molar-refractivity contribution is 0.590. The van der Waals surface area contributed by atoms with Crippen LogP contribution in [0.15, 0.2) is 364 Å². The van der Waals surface area contributed by atoms with Gasteiger partial charge in [0, 0.05) is 77.9 Å². The summed E-state index contributed by atoms with van der Waals surface area (Å²) in [5.41, 5.74) is 33.8. The second-order valence-electron chi connectivity index (χ2n) is 45.0. The van der Waals surface area contributed by atoms with E-state index >= 15 is 0 Å². The quantitative estimate of drug-likeness (QED) is 0.113. The summed E-state index contributed by atoms with van der Waals surface area (Å²) in [7, 11) is 0. The Morgan fingerprint density at radius 1 is 0.207 bits per heavy atom. The molecule has 0 radical (unpaired) electrons. The average molecular weight is 1760 g/mol. The molecule has 0 unspecified atom stereocenters. The van der Waals surface area contributed by atoms with Crippen LogP contribution in [0.3, 0.4) is 0 Å². The zero-order valence-electron chi connectivity index (χ0n) is 88.0. The molecular weight excluding hydrogens is 1630 g/mol. The van der Waals surface area contributed by atoms with Gasteiger partial charge in [-0.15, -0.1) is 0 Å². The highest BCUT2D eigenvalue weighted by atomic mass is 15.2. The van der Waals surface area contributed by atoms with Gasteiger partial charge in [0.05, 0.1) is 41.7 Å². The fraction of sp³-hybridized carbons (Fsp3) is 0.215. The van der Waals surface area contributed by atoms with Crippen LogP contribution in [-0.4, -0.2) is 15.8 Å². The summed E-state index contributed by atoms with van der Waals surface area (Å²) in [6.07, 6.45) is 0. The van der Waals surface area contributed by atoms with Gasteiger partial charge in [0.2, 0.25) is 0 Å². The lowest BCUT2D eigenvalue weighted by atomic mass is 9.33. The van der Waals surface area contributed by atoms with Gasteiger partial charge >= 0.3 is 0 Å². The Hall–Kier alpha value is -14.0. The van der Waals surface area contributed by atoms with Crippen molar-refractivity contribution in [3.05, 3.63) is 403 Å². The molecular formula is C130H123BN4. The minimum atomic E-state index is -0.783. The average Bonchev–Trinajstić information content (AvgIpc) is 1.65. The van der Waals surface area contributed by atoms with Crippen molar-refractivity contribution in [2.75, 3.05) is 9.80 Å². The predicted molar refractivity (Wildman–Crippen MR) is 584 cm³/mol. The highest BCUT2D eigenvalue weighted by Crippen LogP contribution is 2.57. The maximum Gasteiger partial charge on any atom is 0.252 e. The first kappa shape index (κ1) is 80.6. The number of nitrogens with zero attached hydrogens (tertiary/aromatic N) is 4. The molecule has 0 aliphatic carbocycles. The van der Waals surface area contributed by atoms with E-state index in [-0.39, 0.29) is 74.4 Å². The number of aromatic nitrogens is 2. The molecule has 17 aromatic carbocycles. The van der Waals surface area contributed by atoms with Crippen LogP contribution < -0.4 is 26.2 Å². The molecule has 5 heteroatoms. The lowest BCUT2D eigenvalue weighted by Crippen LogP contribution is -2.61. The van der Waals surface area contributed by atoms with E-state index in [2.05, 4.69) is 446 Å². The zero-order valence-corrected chi connectivity index (χ0v) is 82.0. The molecule has 0 atom stereocenters. The van der Waals surface area contributed by atoms with Crippen LogP contribution in [0.2, 0.25) is 0 Å². The molecule has 0 bridgehead atoms. The van der Waals surface area contributed by atoms with Crippen LogP contribution in [0, 0.1) is 0 Å². The molecule has 0 amide bonds. The summed E-state index contributed by atoms with van der Waals surface area (Å²) in [5.74, 6) is 0. The van der Waals surface area contributed by atoms with Gasteiger partial charge in [-0.25, -0.2) is 0 Å². The van der Waals surface area contributed by atoms with Crippen LogP contribution >= 0.6 is 0 Å². The summed E-state index contributed by atoms with van der Waals surface area (Å²) in [6.45, 7) is 45.9. The van der Waals surface area contributed by atoms with Gasteiger partial charge in [-0.1, -0.05) is 400 Å². The number of fused-ring (bicyclic) bond motifs is 10. The lowest BCUT2D eigenvalue weighted by Gasteiger charge is -2.46. The first-order valence-electron chi connectivity index (χ1n) is 51.1. The van der Waals surface area contributed by atoms with Crippen molar-refractivity contribution in [1.82, 2.24) is 9.13 Å². The third kappa shape index (κ3) is 15.7. The van der Waals surface area contributed by atoms with Gasteiger partial charge in [-0.3, -0.25) is 0 Å². The molecule has 0 saturated carbocycles. The number of hydrogen-bond acceptors (Lipinski definition) is 2. The summed E-state index contributed by atoms with van der Waals surface area (Å²) in [6, 6.07) is 123. The van der Waals surface area contributed by atoms with Gasteiger partial charge in [0.15, 0.2) is 0 Å². The van der Waals surface area contributed by atoms with Gasteiger partial charge in [0.25, 0.3) is 6.71 Å². The van der Waals surface area contributed by atoms with E-state index in [9.17, 15) is 8.22 Å². The number of hydrogen-bond donors (Lipinski definition) is 0. The second-order valence-corrected chi connectivity index (χ2v) is 45.0. The maximum atomic E-state index is 10.7. The molecule has 0 saturated heterocycles. The van der Waals surface area contributed by atoms with Crippen LogP contribution in [0.5, 0.6) is 0 Å². The SMILES string of the molecule is [2H]c1c(C(C)(C)C)c([2H])c2c3c([2H])c(C(C)(C)C)c([2H])c([2H])c3n(-c3ccc4c(c3)N(c3c(-c5ccccc5)cc(-c5ccc(C(C)(C)C)cc5)cc3-c3ccccc3)c3cc(-c5ccc(C(C)(C)C)cc5)cc5c3B4c3ccc(-n4c6ccc(C(C)(C)C)cc6c6cc(C(C)(C)C)ccc64)cc3N5c3c(-c4ccc(-c5ccccc5)cc4)cc(C(C)(C)C)cc3-c3ccc(-c4ccccc4)cc3)c2c1[2H]. The molecule has 4 nitrogen and oxygen atoms in total. The Morgan fingerprint density at radius 3 is 0.837 bits per heavy atom. The minimum absolute atomic E-state index is 0.0331. The predicted octanol–water partition coefficient (Wildman–Crippen LogP) is 34.4. The number of rotatable bonds is 12. The molecule has 666 valence electrons. The van der Waals surface area contributed by atoms with E-state index in [0.29, 0.717) is 27.6 Å². The van der Waals surface area contributed by atoms with Crippen molar-refractivity contribution in [3.8, 4) is 100 Å². The van der Waals surface area contributed by atoms with Gasteiger partial charge < -0.3 is 18.9 Å². The van der Waals surface area contributed by atoms with Crippen LogP contribution in [0.25, 0.3) is 144 Å². The van der Waals surface area contributed by atoms with Crippen molar-refractivity contribution < 1.29 is 8.22 Å². The van der Waals surface area contributed by atoms with Gasteiger partial charge in [-0.05, 0) is 269 Å². The highest BCUT2D eigenvalue weighted by molar-refractivity contribution is 7.00. The fourth-order valence-corrected chi connectivity index (χ4v) is 20.5. The molecule has 0 spiro atoms. The van der Waals surface area contributed by atoms with E-state index in [1.807, 2.05) is 46.1 Å². The fourth-order valence-electron chi connectivity index (χ4n) is 20.5. The maximum absolute atomic E-state index is 10.7. The van der Waals surface area contributed by atoms with Crippen LogP contribution in [0.1, 0.15) is 193 Å². The Kier molecular flexibility index (Phi) is 19.4. The van der Waals surface area contributed by atoms with Crippen molar-refractivity contribution in [2.24, 2.45) is 0 Å². The van der Waals surface area contributed by atoms with Crippen LogP contribution in [0.4, 0.5) is 34.1 Å². The molecule has 2 aromatic heterocycles. The summed E-state index contributed by atoms with van der Waals surface area (Å²) in [4.78, 5) is 5.25. The highest BCUT2D eigenvalue weighted by Gasteiger charge is 2.47. The van der Waals surface area contributed by atoms with Crippen LogP contribution in [-0.2, 0) is 37.9 Å². The minimum Gasteiger partial charge on any atom is -0.310 e. The van der Waals surface area contributed by atoms with Crippen molar-refractivity contribution in [3.63, 3.8) is 0 Å². The molecule has 0 fully saturated rings. The monoisotopic (exact) mass is 1760 g/mol. The largest absolute Gasteiger partial charge is 0.310 e. The van der Waals surface area contributed by atoms with Gasteiger partial charge in [0.1, 0.15) is 0 Å². The van der Waals surface area contributed by atoms with Gasteiger partial charge in [-0.2, -0.15) is 0 Å². The topological polar surface area (TPSA) is 16.3 Å². The summed E-state index contributed by atoms with van der Waals surface area (Å²) >= 11 is 0. The second kappa shape index (κ2) is 32.4. The van der Waals surface area contributed by atoms with Crippen molar-refractivity contribution in [1.29, 1.82) is 0 Å². The zero-order chi connectivity index (χ0) is 99.3. The Labute approximate surface area is 809 Å². The summed E-state index contributed by atoms with van der Waals surface area (Å²) < 4.78 is 67.5. The number of benzene rings is 17. The molecule has 135 heavy (non-hydrogen) atoms. The number of anilines is 6. The molecule has 0 N–H and O–H groups in total. The Balaban J connectivity index is 0.979. The summed E-state index contributed by atoms with van der Waals surface area (Å²) in [5, 5.41) is 2.99. The first-order chi connectivity index (χ1) is 66.9. The van der Waals surface area contributed by atoms with Crippen molar-refractivity contribution >= 4 is 101 Å². The third-order valence-corrected chi connectivity index (χ3v) is 28.3. The molecule has 4 heterocycles. The van der Waals surface area contributed by atoms with E-state index < -0.39 is 17.5 Å². The van der Waals surface area contributed by atoms with E-state index in [1.165, 1.54) is 38.6 Å². The van der Waals surface area contributed by atoms with E-state index in [1.54, 1.807) is 0 Å². The smallest absolute Gasteiger partial charge is 0.252 e. The molecule has 2 aliphatic rings. The van der Waals surface area contributed by atoms with E-state index in [0.717, 1.165) is 156 Å². The molecule has 19 aromatic rings. The normalized spacial score (nSPS) is 13.8. The van der Waals surface area contributed by atoms with E-state index in [4.69, 9.17) is 0 Å². The molecule has 21 rings (SSSR count). The standard InChI is InChI=1S/C130H123BN4/c1-124(2,3)94-54-50-86(51-55-94)92-70-103(88-38-30-24-31-39-88)122(104(71-92)89-40-32-25-33-41-89)134-117-80-101(132-113-66-58-96(126(7,8)9)74-107(113)108-75-97(127(10,11)12)59-67-114(108)132)62-64-111(117)131-112-65-63-102(133-115-68-60-98(128(13,14)15)76-109(115)110-77-99(129(16,17)18)61-69-116(110)133)81-118(112)135(120-73-93(72-119(134)121(120)131)87-52-56-95(57-53-87)125(4,5)6)123-105(90-46-42-84(43-47-90)82-34-26-22-27-35-82)78-100(130(19,20)21)79-106(123)91-48-44-85(45-49-91)83-36-28-23-29-37-83/h22-81H,1-21H3/i58D,59D,66D,67D,74D,75D. The first-order valence-corrected chi connectivity index (χ1v) is 48.1. The Morgan fingerprint density at radius 2 is 0.489 bits per heavy atom. The molecule has 2 aliphatic heterocycles.